The lowest BCUT2D eigenvalue weighted by Crippen LogP contribution is -2.47. The van der Waals surface area contributed by atoms with Gasteiger partial charge in [0.05, 0.1) is 6.42 Å². The quantitative estimate of drug-likeness (QED) is 0.520. The molecule has 28 heavy (non-hydrogen) atoms. The van der Waals surface area contributed by atoms with Crippen molar-refractivity contribution in [3.05, 3.63) is 59.7 Å². The number of fused-ring (bicyclic) bond motifs is 3. The van der Waals surface area contributed by atoms with E-state index in [-0.39, 0.29) is 12.5 Å². The van der Waals surface area contributed by atoms with E-state index in [1.165, 1.54) is 6.19 Å². The Bertz CT molecular complexity index is 921. The first-order valence-electron chi connectivity index (χ1n) is 8.53. The number of aliphatic carboxylic acids is 1. The van der Waals surface area contributed by atoms with Crippen molar-refractivity contribution in [2.45, 2.75) is 18.4 Å². The number of amides is 2. The average Bonchev–Trinajstić information content (AvgIpc) is 3.00. The molecule has 0 radical (unpaired) electrons. The highest BCUT2D eigenvalue weighted by Gasteiger charge is 2.30. The zero-order valence-electron chi connectivity index (χ0n) is 14.7. The molecular weight excluding hydrogens is 362 g/mol. The highest BCUT2D eigenvalue weighted by atomic mass is 16.5. The molecule has 0 aromatic heterocycles. The zero-order chi connectivity index (χ0) is 20.1. The summed E-state index contributed by atoms with van der Waals surface area (Å²) in [5.74, 6) is -2.38. The van der Waals surface area contributed by atoms with E-state index in [0.29, 0.717) is 0 Å². The fourth-order valence-electron chi connectivity index (χ4n) is 3.31. The third-order valence-corrected chi connectivity index (χ3v) is 4.51. The van der Waals surface area contributed by atoms with Gasteiger partial charge in [0, 0.05) is 5.92 Å². The van der Waals surface area contributed by atoms with E-state index >= 15 is 0 Å². The normalized spacial score (nSPS) is 12.8. The zero-order valence-corrected chi connectivity index (χ0v) is 14.7. The summed E-state index contributed by atoms with van der Waals surface area (Å²) in [6.45, 7) is 0.0273. The average molecular weight is 379 g/mol. The summed E-state index contributed by atoms with van der Waals surface area (Å²) in [7, 11) is 0. The van der Waals surface area contributed by atoms with Crippen LogP contribution >= 0.6 is 0 Å². The molecule has 3 N–H and O–H groups in total. The Hall–Kier alpha value is -3.86. The molecule has 2 aromatic carbocycles. The highest BCUT2D eigenvalue weighted by Crippen LogP contribution is 2.44. The van der Waals surface area contributed by atoms with Crippen LogP contribution in [0.25, 0.3) is 11.1 Å². The van der Waals surface area contributed by atoms with E-state index in [4.69, 9.17) is 15.1 Å². The number of carboxylic acid groups (broad SMARTS) is 1. The van der Waals surface area contributed by atoms with Crippen LogP contribution in [0.15, 0.2) is 48.5 Å². The van der Waals surface area contributed by atoms with Crippen molar-refractivity contribution in [2.75, 3.05) is 6.61 Å². The molecule has 0 bridgehead atoms. The molecule has 0 saturated heterocycles. The SMILES string of the molecule is N#CNC(=O)C(CC(=O)O)NC(=O)OCC1c2ccccc2-c2ccccc21. The van der Waals surface area contributed by atoms with Crippen molar-refractivity contribution in [1.29, 1.82) is 5.26 Å². The van der Waals surface area contributed by atoms with Crippen LogP contribution in [0.2, 0.25) is 0 Å². The smallest absolute Gasteiger partial charge is 0.407 e. The fourth-order valence-corrected chi connectivity index (χ4v) is 3.31. The molecule has 1 atom stereocenters. The van der Waals surface area contributed by atoms with Crippen LogP contribution in [0.4, 0.5) is 4.79 Å². The summed E-state index contributed by atoms with van der Waals surface area (Å²) in [4.78, 5) is 34.8. The summed E-state index contributed by atoms with van der Waals surface area (Å²) < 4.78 is 5.27. The minimum absolute atomic E-state index is 0.0273. The van der Waals surface area contributed by atoms with E-state index in [1.807, 2.05) is 53.8 Å². The molecule has 0 fully saturated rings. The Morgan fingerprint density at radius 2 is 1.64 bits per heavy atom. The first-order chi connectivity index (χ1) is 13.5. The van der Waals surface area contributed by atoms with Gasteiger partial charge >= 0.3 is 12.1 Å². The van der Waals surface area contributed by atoms with Gasteiger partial charge in [-0.2, -0.15) is 5.26 Å². The minimum Gasteiger partial charge on any atom is -0.481 e. The van der Waals surface area contributed by atoms with Gasteiger partial charge in [0.1, 0.15) is 12.6 Å². The maximum absolute atomic E-state index is 12.1. The van der Waals surface area contributed by atoms with Crippen molar-refractivity contribution in [3.63, 3.8) is 0 Å². The Morgan fingerprint density at radius 3 is 2.18 bits per heavy atom. The van der Waals surface area contributed by atoms with Gasteiger partial charge in [-0.25, -0.2) is 4.79 Å². The fraction of sp³-hybridized carbons (Fsp3) is 0.200. The predicted octanol–water partition coefficient (Wildman–Crippen LogP) is 1.97. The monoisotopic (exact) mass is 379 g/mol. The summed E-state index contributed by atoms with van der Waals surface area (Å²) in [5.41, 5.74) is 4.20. The molecule has 142 valence electrons. The molecule has 1 aliphatic carbocycles. The molecule has 0 saturated carbocycles. The van der Waals surface area contributed by atoms with E-state index in [2.05, 4.69) is 5.32 Å². The van der Waals surface area contributed by atoms with Gasteiger partial charge in [0.15, 0.2) is 6.19 Å². The van der Waals surface area contributed by atoms with Gasteiger partial charge in [-0.1, -0.05) is 48.5 Å². The first kappa shape index (κ1) is 18.9. The van der Waals surface area contributed by atoms with Crippen LogP contribution in [0.3, 0.4) is 0 Å². The van der Waals surface area contributed by atoms with Crippen LogP contribution in [0.1, 0.15) is 23.5 Å². The molecule has 8 heteroatoms. The van der Waals surface area contributed by atoms with Crippen molar-refractivity contribution in [2.24, 2.45) is 0 Å². The number of ether oxygens (including phenoxy) is 1. The van der Waals surface area contributed by atoms with Crippen molar-refractivity contribution in [1.82, 2.24) is 10.6 Å². The third-order valence-electron chi connectivity index (χ3n) is 4.51. The van der Waals surface area contributed by atoms with E-state index in [0.717, 1.165) is 22.3 Å². The Balaban J connectivity index is 1.70. The lowest BCUT2D eigenvalue weighted by molar-refractivity contribution is -0.139. The summed E-state index contributed by atoms with van der Waals surface area (Å²) >= 11 is 0. The molecule has 1 aliphatic rings. The number of nitriles is 1. The van der Waals surface area contributed by atoms with E-state index in [9.17, 15) is 14.4 Å². The van der Waals surface area contributed by atoms with Crippen molar-refractivity contribution in [3.8, 4) is 17.3 Å². The molecular formula is C20H17N3O5. The van der Waals surface area contributed by atoms with Gasteiger partial charge in [0.25, 0.3) is 5.91 Å². The third kappa shape index (κ3) is 3.94. The van der Waals surface area contributed by atoms with Crippen LogP contribution in [-0.2, 0) is 14.3 Å². The lowest BCUT2D eigenvalue weighted by Gasteiger charge is -2.17. The molecule has 1 unspecified atom stereocenters. The highest BCUT2D eigenvalue weighted by molar-refractivity contribution is 5.90. The number of alkyl carbamates (subject to hydrolysis) is 1. The van der Waals surface area contributed by atoms with Crippen molar-refractivity contribution >= 4 is 18.0 Å². The Kier molecular flexibility index (Phi) is 5.56. The van der Waals surface area contributed by atoms with Crippen LogP contribution in [0.5, 0.6) is 0 Å². The maximum atomic E-state index is 12.1. The number of rotatable bonds is 6. The van der Waals surface area contributed by atoms with Gasteiger partial charge in [-0.05, 0) is 22.3 Å². The largest absolute Gasteiger partial charge is 0.481 e. The second-order valence-corrected chi connectivity index (χ2v) is 6.22. The standard InChI is InChI=1S/C20H17N3O5/c21-11-22-19(26)17(9-18(24)25)23-20(27)28-10-16-14-7-3-1-5-12(14)13-6-2-4-8-15(13)16/h1-8,16-17H,9-10H2,(H,22,26)(H,23,27)(H,24,25). The number of nitrogens with zero attached hydrogens (tertiary/aromatic N) is 1. The second kappa shape index (κ2) is 8.22. The summed E-state index contributed by atoms with van der Waals surface area (Å²) in [5, 5.41) is 21.4. The maximum Gasteiger partial charge on any atom is 0.407 e. The molecule has 0 aliphatic heterocycles. The summed E-state index contributed by atoms with van der Waals surface area (Å²) in [6.07, 6.45) is -0.190. The first-order valence-corrected chi connectivity index (χ1v) is 8.53. The van der Waals surface area contributed by atoms with Gasteiger partial charge < -0.3 is 15.2 Å². The molecule has 2 amide bonds. The lowest BCUT2D eigenvalue weighted by atomic mass is 9.98. The molecule has 2 aromatic rings. The van der Waals surface area contributed by atoms with Gasteiger partial charge in [-0.3, -0.25) is 14.9 Å². The number of nitrogens with one attached hydrogen (secondary N) is 2. The van der Waals surface area contributed by atoms with Gasteiger partial charge in [0.2, 0.25) is 0 Å². The topological polar surface area (TPSA) is 129 Å². The molecule has 3 rings (SSSR count). The molecule has 0 spiro atoms. The minimum atomic E-state index is -1.41. The van der Waals surface area contributed by atoms with E-state index < -0.39 is 30.4 Å². The Morgan fingerprint density at radius 1 is 1.07 bits per heavy atom. The van der Waals surface area contributed by atoms with E-state index in [1.54, 1.807) is 0 Å². The van der Waals surface area contributed by atoms with Crippen LogP contribution < -0.4 is 10.6 Å². The summed E-state index contributed by atoms with van der Waals surface area (Å²) in [6, 6.07) is 14.2. The number of hydrogen-bond acceptors (Lipinski definition) is 5. The number of benzene rings is 2. The number of carbonyl (C=O) groups excluding carboxylic acids is 2. The number of carboxylic acids is 1. The van der Waals surface area contributed by atoms with Crippen LogP contribution in [-0.4, -0.2) is 35.7 Å². The van der Waals surface area contributed by atoms with Gasteiger partial charge in [-0.15, -0.1) is 0 Å². The Labute approximate surface area is 160 Å². The predicted molar refractivity (Wildman–Crippen MR) is 98.0 cm³/mol. The second-order valence-electron chi connectivity index (χ2n) is 6.22. The number of carbonyl (C=O) groups is 3. The number of hydrogen-bond donors (Lipinski definition) is 3. The molecule has 8 nitrogen and oxygen atoms in total. The van der Waals surface area contributed by atoms with Crippen LogP contribution in [0, 0.1) is 11.5 Å². The molecule has 0 heterocycles. The van der Waals surface area contributed by atoms with Crippen molar-refractivity contribution < 1.29 is 24.2 Å².